The van der Waals surface area contributed by atoms with E-state index in [1.165, 1.54) is 36.4 Å². The zero-order valence-electron chi connectivity index (χ0n) is 23.9. The summed E-state index contributed by atoms with van der Waals surface area (Å²) >= 11 is 0. The lowest BCUT2D eigenvalue weighted by atomic mass is 9.59. The van der Waals surface area contributed by atoms with Crippen LogP contribution >= 0.6 is 0 Å². The number of likely N-dealkylation sites (tertiary alicyclic amines) is 1. The summed E-state index contributed by atoms with van der Waals surface area (Å²) in [6, 6.07) is 16.8. The molecule has 6 nitrogen and oxygen atoms in total. The molecule has 3 aromatic rings. The van der Waals surface area contributed by atoms with Gasteiger partial charge < -0.3 is 19.7 Å². The summed E-state index contributed by atoms with van der Waals surface area (Å²) in [6.45, 7) is 9.01. The van der Waals surface area contributed by atoms with E-state index >= 15 is 0 Å². The lowest BCUT2D eigenvalue weighted by molar-refractivity contribution is -0.0257. The number of halogens is 1. The van der Waals surface area contributed by atoms with Gasteiger partial charge >= 0.3 is 0 Å². The summed E-state index contributed by atoms with van der Waals surface area (Å²) in [5.41, 5.74) is 6.72. The number of carbonyl (C=O) groups is 1. The monoisotopic (exact) mass is 555 g/mol. The standard InChI is InChI=1S/C34H38FN3O3/c1-3-38-21-34(22-38)17-28(18-34)32(26-8-10-29(35)11-9-26)25-6-4-24(5-7-25)23(2)37-33(39)27-16-31(20-36-19-27)41-30-12-14-40-15-13-30/h4-11,16,19-20,23,30H,3,12-15,17-18,21-22H2,1-2H3,(H,37,39)/t23-/m1/s1. The van der Waals surface area contributed by atoms with Crippen LogP contribution < -0.4 is 10.1 Å². The van der Waals surface area contributed by atoms with Crippen molar-refractivity contribution in [2.45, 2.75) is 51.7 Å². The Morgan fingerprint density at radius 3 is 2.37 bits per heavy atom. The van der Waals surface area contributed by atoms with E-state index in [4.69, 9.17) is 9.47 Å². The Kier molecular flexibility index (Phi) is 7.91. The Hall–Kier alpha value is -3.55. The number of hydrogen-bond acceptors (Lipinski definition) is 5. The van der Waals surface area contributed by atoms with Crippen molar-refractivity contribution in [1.82, 2.24) is 15.2 Å². The van der Waals surface area contributed by atoms with Gasteiger partial charge in [0, 0.05) is 37.5 Å². The first-order valence-electron chi connectivity index (χ1n) is 14.7. The van der Waals surface area contributed by atoms with Gasteiger partial charge in [0.15, 0.2) is 0 Å². The van der Waals surface area contributed by atoms with Crippen molar-refractivity contribution in [3.63, 3.8) is 0 Å². The van der Waals surface area contributed by atoms with Crippen molar-refractivity contribution in [3.8, 4) is 5.75 Å². The van der Waals surface area contributed by atoms with Crippen LogP contribution in [0.4, 0.5) is 4.39 Å². The number of nitrogens with zero attached hydrogens (tertiary/aromatic N) is 2. The van der Waals surface area contributed by atoms with Gasteiger partial charge in [0.2, 0.25) is 0 Å². The lowest BCUT2D eigenvalue weighted by Crippen LogP contribution is -2.60. The highest BCUT2D eigenvalue weighted by Crippen LogP contribution is 2.54. The van der Waals surface area contributed by atoms with Crippen molar-refractivity contribution >= 4 is 11.5 Å². The number of carbonyl (C=O) groups excluding carboxylic acids is 1. The quantitative estimate of drug-likeness (QED) is 0.359. The zero-order valence-corrected chi connectivity index (χ0v) is 23.9. The van der Waals surface area contributed by atoms with Gasteiger partial charge in [0.1, 0.15) is 17.7 Å². The van der Waals surface area contributed by atoms with Crippen LogP contribution in [-0.4, -0.2) is 54.7 Å². The number of pyridine rings is 1. The van der Waals surface area contributed by atoms with Gasteiger partial charge in [-0.1, -0.05) is 48.9 Å². The average Bonchev–Trinajstić information content (AvgIpc) is 2.95. The van der Waals surface area contributed by atoms with Gasteiger partial charge in [0.25, 0.3) is 5.91 Å². The predicted molar refractivity (Wildman–Crippen MR) is 157 cm³/mol. The third-order valence-corrected chi connectivity index (χ3v) is 8.72. The smallest absolute Gasteiger partial charge is 0.253 e. The number of benzene rings is 2. The molecule has 3 heterocycles. The minimum absolute atomic E-state index is 0.0845. The van der Waals surface area contributed by atoms with Crippen molar-refractivity contribution < 1.29 is 18.7 Å². The molecule has 214 valence electrons. The van der Waals surface area contributed by atoms with Gasteiger partial charge in [-0.15, -0.1) is 0 Å². The maximum Gasteiger partial charge on any atom is 0.253 e. The molecule has 2 aromatic carbocycles. The van der Waals surface area contributed by atoms with Crippen LogP contribution in [0.5, 0.6) is 5.75 Å². The molecule has 2 aliphatic heterocycles. The van der Waals surface area contributed by atoms with Crippen LogP contribution in [0.25, 0.3) is 5.57 Å². The van der Waals surface area contributed by atoms with Crippen LogP contribution in [0, 0.1) is 11.2 Å². The van der Waals surface area contributed by atoms with E-state index in [0.29, 0.717) is 29.9 Å². The third-order valence-electron chi connectivity index (χ3n) is 8.72. The summed E-state index contributed by atoms with van der Waals surface area (Å²) in [4.78, 5) is 19.8. The van der Waals surface area contributed by atoms with Gasteiger partial charge in [-0.2, -0.15) is 0 Å². The van der Waals surface area contributed by atoms with E-state index < -0.39 is 0 Å². The summed E-state index contributed by atoms with van der Waals surface area (Å²) in [7, 11) is 0. The zero-order chi connectivity index (χ0) is 28.4. The molecule has 0 unspecified atom stereocenters. The third kappa shape index (κ3) is 6.07. The molecule has 7 heteroatoms. The van der Waals surface area contributed by atoms with Crippen LogP contribution in [0.1, 0.15) is 72.6 Å². The molecule has 0 radical (unpaired) electrons. The number of aromatic nitrogens is 1. The van der Waals surface area contributed by atoms with Gasteiger partial charge in [-0.3, -0.25) is 9.78 Å². The summed E-state index contributed by atoms with van der Waals surface area (Å²) in [5, 5.41) is 3.10. The normalized spacial score (nSPS) is 19.2. The van der Waals surface area contributed by atoms with E-state index in [9.17, 15) is 9.18 Å². The number of ether oxygens (including phenoxy) is 2. The summed E-state index contributed by atoms with van der Waals surface area (Å²) < 4.78 is 25.2. The fourth-order valence-corrected chi connectivity index (χ4v) is 6.47. The average molecular weight is 556 g/mol. The Morgan fingerprint density at radius 1 is 1.05 bits per heavy atom. The topological polar surface area (TPSA) is 63.7 Å². The molecule has 2 saturated heterocycles. The second-order valence-corrected chi connectivity index (χ2v) is 11.8. The summed E-state index contributed by atoms with van der Waals surface area (Å²) in [5.74, 6) is 0.184. The highest BCUT2D eigenvalue weighted by molar-refractivity contribution is 5.94. The number of allylic oxidation sites excluding steroid dienone is 1. The number of rotatable bonds is 8. The molecule has 3 aliphatic rings. The van der Waals surface area contributed by atoms with Crippen LogP contribution in [0.2, 0.25) is 0 Å². The molecule has 1 N–H and O–H groups in total. The predicted octanol–water partition coefficient (Wildman–Crippen LogP) is 6.19. The van der Waals surface area contributed by atoms with Crippen molar-refractivity contribution in [2.24, 2.45) is 5.41 Å². The van der Waals surface area contributed by atoms with Gasteiger partial charge in [-0.25, -0.2) is 4.39 Å². The largest absolute Gasteiger partial charge is 0.489 e. The molecule has 0 bridgehead atoms. The van der Waals surface area contributed by atoms with Crippen molar-refractivity contribution in [2.75, 3.05) is 32.8 Å². The first kappa shape index (κ1) is 27.6. The Bertz CT molecular complexity index is 1400. The molecule has 1 aromatic heterocycles. The maximum atomic E-state index is 13.7. The minimum atomic E-state index is -0.225. The maximum absolute atomic E-state index is 13.7. The lowest BCUT2D eigenvalue weighted by Gasteiger charge is -2.57. The molecule has 1 atom stereocenters. The molecule has 6 rings (SSSR count). The van der Waals surface area contributed by atoms with E-state index in [1.54, 1.807) is 18.5 Å². The first-order chi connectivity index (χ1) is 19.9. The molecule has 3 fully saturated rings. The minimum Gasteiger partial charge on any atom is -0.489 e. The second-order valence-electron chi connectivity index (χ2n) is 11.8. The van der Waals surface area contributed by atoms with E-state index in [2.05, 4.69) is 46.4 Å². The number of amides is 1. The van der Waals surface area contributed by atoms with Crippen LogP contribution in [-0.2, 0) is 4.74 Å². The highest BCUT2D eigenvalue weighted by Gasteiger charge is 2.50. The molecule has 1 aliphatic carbocycles. The van der Waals surface area contributed by atoms with Crippen molar-refractivity contribution in [1.29, 1.82) is 0 Å². The Balaban J connectivity index is 1.15. The molecular weight excluding hydrogens is 517 g/mol. The number of hydrogen-bond donors (Lipinski definition) is 1. The Labute approximate surface area is 241 Å². The molecular formula is C34H38FN3O3. The highest BCUT2D eigenvalue weighted by atomic mass is 19.1. The first-order valence-corrected chi connectivity index (χ1v) is 14.7. The summed E-state index contributed by atoms with van der Waals surface area (Å²) in [6.07, 6.45) is 7.15. The fraction of sp³-hybridized carbons (Fsp3) is 0.412. The Morgan fingerprint density at radius 2 is 1.71 bits per heavy atom. The molecule has 1 amide bonds. The molecule has 1 spiro atoms. The van der Waals surface area contributed by atoms with Crippen molar-refractivity contribution in [3.05, 3.63) is 101 Å². The fourth-order valence-electron chi connectivity index (χ4n) is 6.47. The molecule has 1 saturated carbocycles. The van der Waals surface area contributed by atoms with E-state index in [0.717, 1.165) is 48.9 Å². The van der Waals surface area contributed by atoms with Gasteiger partial charge in [0.05, 0.1) is 31.0 Å². The van der Waals surface area contributed by atoms with Gasteiger partial charge in [-0.05, 0) is 66.8 Å². The second kappa shape index (κ2) is 11.7. The van der Waals surface area contributed by atoms with E-state index in [1.807, 2.05) is 19.1 Å². The number of nitrogens with one attached hydrogen (secondary N) is 1. The van der Waals surface area contributed by atoms with Crippen LogP contribution in [0.15, 0.2) is 72.6 Å². The van der Waals surface area contributed by atoms with Crippen LogP contribution in [0.3, 0.4) is 0 Å². The molecule has 41 heavy (non-hydrogen) atoms. The van der Waals surface area contributed by atoms with E-state index in [-0.39, 0.29) is 23.9 Å². The SMILES string of the molecule is CCN1CC2(CC(=C(c3ccc(F)cc3)c3ccc([C@@H](C)NC(=O)c4cncc(OC5CCOCC5)c4)cc3)C2)C1.